The van der Waals surface area contributed by atoms with E-state index in [9.17, 15) is 18.1 Å². The Labute approximate surface area is 149 Å². The van der Waals surface area contributed by atoms with Gasteiger partial charge in [-0.25, -0.2) is 0 Å². The van der Waals surface area contributed by atoms with Gasteiger partial charge in [-0.3, -0.25) is 4.55 Å². The minimum absolute atomic E-state index is 0.0674. The SMILES string of the molecule is CCC(C)c1cc(S(=O)(=O)O)cc(-n2nc3ccc(Cl)cc3n2)c1O. The Bertz CT molecular complexity index is 1060. The van der Waals surface area contributed by atoms with Crippen molar-refractivity contribution >= 4 is 32.8 Å². The smallest absolute Gasteiger partial charge is 0.294 e. The lowest BCUT2D eigenvalue weighted by molar-refractivity contribution is 0.452. The van der Waals surface area contributed by atoms with Gasteiger partial charge in [0.25, 0.3) is 10.1 Å². The molecule has 2 N–H and O–H groups in total. The van der Waals surface area contributed by atoms with Crippen LogP contribution in [-0.4, -0.2) is 33.1 Å². The minimum Gasteiger partial charge on any atom is -0.505 e. The average Bonchev–Trinajstić information content (AvgIpc) is 2.95. The molecule has 0 aliphatic heterocycles. The van der Waals surface area contributed by atoms with Gasteiger partial charge in [-0.1, -0.05) is 25.4 Å². The number of nitrogens with zero attached hydrogens (tertiary/aromatic N) is 3. The monoisotopic (exact) mass is 381 g/mol. The molecule has 1 atom stereocenters. The largest absolute Gasteiger partial charge is 0.505 e. The van der Waals surface area contributed by atoms with E-state index in [1.807, 2.05) is 13.8 Å². The minimum atomic E-state index is -4.45. The van der Waals surface area contributed by atoms with Crippen molar-refractivity contribution in [2.75, 3.05) is 0 Å². The van der Waals surface area contributed by atoms with Crippen LogP contribution in [0.5, 0.6) is 5.75 Å². The summed E-state index contributed by atoms with van der Waals surface area (Å²) in [5.74, 6) is -0.256. The fraction of sp³-hybridized carbons (Fsp3) is 0.250. The summed E-state index contributed by atoms with van der Waals surface area (Å²) in [6.45, 7) is 3.76. The van der Waals surface area contributed by atoms with E-state index in [1.165, 1.54) is 6.07 Å². The van der Waals surface area contributed by atoms with E-state index in [2.05, 4.69) is 10.2 Å². The number of hydrogen-bond acceptors (Lipinski definition) is 5. The first kappa shape index (κ1) is 17.7. The summed E-state index contributed by atoms with van der Waals surface area (Å²) in [6, 6.07) is 7.33. The molecular weight excluding hydrogens is 366 g/mol. The normalized spacial score (nSPS) is 13.3. The van der Waals surface area contributed by atoms with Crippen LogP contribution >= 0.6 is 11.6 Å². The third kappa shape index (κ3) is 3.33. The highest BCUT2D eigenvalue weighted by atomic mass is 35.5. The summed E-state index contributed by atoms with van der Waals surface area (Å²) in [5, 5.41) is 19.6. The van der Waals surface area contributed by atoms with Crippen molar-refractivity contribution in [2.24, 2.45) is 0 Å². The molecule has 3 rings (SSSR count). The predicted octanol–water partition coefficient (Wildman–Crippen LogP) is 3.54. The summed E-state index contributed by atoms with van der Waals surface area (Å²) in [6.07, 6.45) is 0.673. The summed E-state index contributed by atoms with van der Waals surface area (Å²) in [7, 11) is -4.45. The number of phenols is 1. The molecule has 0 saturated heterocycles. The van der Waals surface area contributed by atoms with Gasteiger partial charge in [-0.05, 0) is 42.7 Å². The topological polar surface area (TPSA) is 105 Å². The first-order valence-corrected chi connectivity index (χ1v) is 9.40. The molecule has 3 aromatic rings. The molecule has 0 radical (unpaired) electrons. The zero-order valence-corrected chi connectivity index (χ0v) is 15.1. The van der Waals surface area contributed by atoms with E-state index in [0.29, 0.717) is 28.0 Å². The lowest BCUT2D eigenvalue weighted by Gasteiger charge is -2.15. The third-order valence-corrected chi connectivity index (χ3v) is 5.16. The van der Waals surface area contributed by atoms with Crippen LogP contribution in [0, 0.1) is 0 Å². The number of aromatic nitrogens is 3. The van der Waals surface area contributed by atoms with E-state index in [-0.39, 0.29) is 22.3 Å². The highest BCUT2D eigenvalue weighted by Gasteiger charge is 2.22. The van der Waals surface area contributed by atoms with E-state index < -0.39 is 10.1 Å². The number of halogens is 1. The van der Waals surface area contributed by atoms with Gasteiger partial charge in [0.05, 0.1) is 4.90 Å². The van der Waals surface area contributed by atoms with E-state index in [4.69, 9.17) is 11.6 Å². The summed E-state index contributed by atoms with van der Waals surface area (Å²) in [5.41, 5.74) is 1.49. The fourth-order valence-corrected chi connectivity index (χ4v) is 3.21. The molecule has 0 fully saturated rings. The Balaban J connectivity index is 2.29. The maximum Gasteiger partial charge on any atom is 0.294 e. The van der Waals surface area contributed by atoms with E-state index in [1.54, 1.807) is 18.2 Å². The van der Waals surface area contributed by atoms with E-state index in [0.717, 1.165) is 10.9 Å². The molecule has 1 heterocycles. The first-order valence-electron chi connectivity index (χ1n) is 7.58. The Morgan fingerprint density at radius 2 is 1.88 bits per heavy atom. The van der Waals surface area contributed by atoms with Crippen LogP contribution in [0.15, 0.2) is 35.2 Å². The zero-order chi connectivity index (χ0) is 18.4. The maximum absolute atomic E-state index is 11.6. The molecule has 0 aliphatic rings. The van der Waals surface area contributed by atoms with Crippen LogP contribution in [0.1, 0.15) is 31.7 Å². The van der Waals surface area contributed by atoms with Crippen molar-refractivity contribution in [1.82, 2.24) is 15.0 Å². The van der Waals surface area contributed by atoms with Crippen LogP contribution in [0.3, 0.4) is 0 Å². The molecule has 25 heavy (non-hydrogen) atoms. The molecule has 9 heteroatoms. The molecule has 1 unspecified atom stereocenters. The number of benzene rings is 2. The molecule has 0 aliphatic carbocycles. The van der Waals surface area contributed by atoms with Gasteiger partial charge in [0.15, 0.2) is 0 Å². The van der Waals surface area contributed by atoms with Gasteiger partial charge in [-0.2, -0.15) is 8.42 Å². The van der Waals surface area contributed by atoms with Crippen molar-refractivity contribution in [2.45, 2.75) is 31.1 Å². The average molecular weight is 382 g/mol. The van der Waals surface area contributed by atoms with Crippen molar-refractivity contribution in [3.8, 4) is 11.4 Å². The van der Waals surface area contributed by atoms with E-state index >= 15 is 0 Å². The van der Waals surface area contributed by atoms with Gasteiger partial charge in [0, 0.05) is 10.6 Å². The third-order valence-electron chi connectivity index (χ3n) is 4.09. The lowest BCUT2D eigenvalue weighted by Crippen LogP contribution is -2.07. The molecule has 1 aromatic heterocycles. The molecule has 0 bridgehead atoms. The summed E-state index contributed by atoms with van der Waals surface area (Å²) in [4.78, 5) is 0.812. The maximum atomic E-state index is 11.6. The highest BCUT2D eigenvalue weighted by Crippen LogP contribution is 2.35. The van der Waals surface area contributed by atoms with Crippen LogP contribution in [0.25, 0.3) is 16.7 Å². The highest BCUT2D eigenvalue weighted by molar-refractivity contribution is 7.85. The molecule has 0 saturated carbocycles. The van der Waals surface area contributed by atoms with Crippen LogP contribution in [-0.2, 0) is 10.1 Å². The second kappa shape index (κ2) is 6.29. The fourth-order valence-electron chi connectivity index (χ4n) is 2.51. The van der Waals surface area contributed by atoms with Crippen LogP contribution < -0.4 is 0 Å². The van der Waals surface area contributed by atoms with Gasteiger partial charge in [-0.15, -0.1) is 15.0 Å². The Morgan fingerprint density at radius 1 is 1.20 bits per heavy atom. The summed E-state index contributed by atoms with van der Waals surface area (Å²) < 4.78 is 32.7. The van der Waals surface area contributed by atoms with Crippen molar-refractivity contribution in [3.05, 3.63) is 40.9 Å². The molecule has 132 valence electrons. The molecule has 0 amide bonds. The number of fused-ring (bicyclic) bond motifs is 1. The Kier molecular flexibility index (Phi) is 4.44. The second-order valence-electron chi connectivity index (χ2n) is 5.79. The quantitative estimate of drug-likeness (QED) is 0.669. The molecular formula is C16H16ClN3O4S. The van der Waals surface area contributed by atoms with Gasteiger partial charge in [0.2, 0.25) is 0 Å². The number of aromatic hydroxyl groups is 1. The molecule has 7 nitrogen and oxygen atoms in total. The van der Waals surface area contributed by atoms with Gasteiger partial charge in [0.1, 0.15) is 22.5 Å². The number of phenolic OH excluding ortho intramolecular Hbond substituents is 1. The van der Waals surface area contributed by atoms with Crippen LogP contribution in [0.4, 0.5) is 0 Å². The lowest BCUT2D eigenvalue weighted by atomic mass is 9.97. The number of rotatable bonds is 4. The first-order chi connectivity index (χ1) is 11.7. The van der Waals surface area contributed by atoms with Gasteiger partial charge >= 0.3 is 0 Å². The molecule has 0 spiro atoms. The van der Waals surface area contributed by atoms with Crippen molar-refractivity contribution in [3.63, 3.8) is 0 Å². The predicted molar refractivity (Wildman–Crippen MR) is 94.1 cm³/mol. The van der Waals surface area contributed by atoms with Crippen LogP contribution in [0.2, 0.25) is 5.02 Å². The zero-order valence-electron chi connectivity index (χ0n) is 13.5. The number of hydrogen-bond donors (Lipinski definition) is 2. The van der Waals surface area contributed by atoms with Gasteiger partial charge < -0.3 is 5.11 Å². The Hall–Kier alpha value is -2.16. The van der Waals surface area contributed by atoms with Crippen molar-refractivity contribution < 1.29 is 18.1 Å². The van der Waals surface area contributed by atoms with Crippen molar-refractivity contribution in [1.29, 1.82) is 0 Å². The standard InChI is InChI=1S/C16H16ClN3O4S/c1-3-9(2)12-7-11(25(22,23)24)8-15(16(12)21)20-18-13-5-4-10(17)6-14(13)19-20/h4-9,21H,3H2,1-2H3,(H,22,23,24). The second-order valence-corrected chi connectivity index (χ2v) is 7.65. The summed E-state index contributed by atoms with van der Waals surface area (Å²) >= 11 is 5.94. The Morgan fingerprint density at radius 3 is 2.52 bits per heavy atom. The molecule has 2 aromatic carbocycles.